The van der Waals surface area contributed by atoms with Crippen LogP contribution in [0.4, 0.5) is 0 Å². The van der Waals surface area contributed by atoms with E-state index in [9.17, 15) is 0 Å². The molecule has 1 saturated heterocycles. The molecular weight excluding hydrogens is 154 g/mol. The Morgan fingerprint density at radius 3 is 2.82 bits per heavy atom. The molecule has 2 rings (SSSR count). The van der Waals surface area contributed by atoms with Crippen LogP contribution in [0.5, 0.6) is 0 Å². The molecule has 0 bridgehead atoms. The molecule has 1 aliphatic carbocycles. The number of thiocarbonyl (C=S) groups is 1. The number of hydrogen-bond acceptors (Lipinski definition) is 2. The normalized spacial score (nSPS) is 43.5. The van der Waals surface area contributed by atoms with Crippen molar-refractivity contribution in [2.24, 2.45) is 17.8 Å². The lowest BCUT2D eigenvalue weighted by molar-refractivity contribution is 0.147. The van der Waals surface area contributed by atoms with E-state index in [4.69, 9.17) is 12.2 Å². The Kier molecular flexibility index (Phi) is 2.23. The van der Waals surface area contributed by atoms with Gasteiger partial charge in [-0.2, -0.15) is 0 Å². The van der Waals surface area contributed by atoms with Crippen molar-refractivity contribution < 1.29 is 0 Å². The van der Waals surface area contributed by atoms with Gasteiger partial charge in [0.2, 0.25) is 0 Å². The fourth-order valence-electron chi connectivity index (χ4n) is 2.37. The molecule has 0 aromatic heterocycles. The summed E-state index contributed by atoms with van der Waals surface area (Å²) in [6.45, 7) is 2.34. The van der Waals surface area contributed by atoms with Crippen LogP contribution in [0, 0.1) is 17.8 Å². The van der Waals surface area contributed by atoms with Gasteiger partial charge >= 0.3 is 0 Å². The van der Waals surface area contributed by atoms with Crippen LogP contribution in [0.2, 0.25) is 0 Å². The largest absolute Gasteiger partial charge is 0.316 e. The first kappa shape index (κ1) is 7.69. The van der Waals surface area contributed by atoms with Crippen LogP contribution >= 0.6 is 12.2 Å². The van der Waals surface area contributed by atoms with Crippen molar-refractivity contribution in [1.82, 2.24) is 5.32 Å². The molecule has 2 heteroatoms. The zero-order valence-corrected chi connectivity index (χ0v) is 7.57. The number of rotatable bonds is 1. The second kappa shape index (κ2) is 3.20. The summed E-state index contributed by atoms with van der Waals surface area (Å²) in [7, 11) is 0. The SMILES string of the molecule is S=CC1CNCC[C@@H]2CC[C@H]12. The standard InChI is InChI=1S/C9H15NS/c11-6-8-5-10-4-3-7-1-2-9(7)8/h6-10H,1-5H2/t7-,8?,9-/m0/s1. The molecule has 0 spiro atoms. The van der Waals surface area contributed by atoms with E-state index >= 15 is 0 Å². The smallest absolute Gasteiger partial charge is 0.00277 e. The first-order chi connectivity index (χ1) is 5.42. The molecule has 62 valence electrons. The zero-order chi connectivity index (χ0) is 7.68. The van der Waals surface area contributed by atoms with E-state index in [1.807, 2.05) is 5.37 Å². The Bertz CT molecular complexity index is 158. The van der Waals surface area contributed by atoms with Gasteiger partial charge in [-0.25, -0.2) is 0 Å². The van der Waals surface area contributed by atoms with Crippen molar-refractivity contribution in [3.8, 4) is 0 Å². The summed E-state index contributed by atoms with van der Waals surface area (Å²) in [4.78, 5) is 0. The highest BCUT2D eigenvalue weighted by Crippen LogP contribution is 2.42. The molecule has 3 atom stereocenters. The Labute approximate surface area is 73.6 Å². The molecular formula is C9H15NS. The van der Waals surface area contributed by atoms with Crippen LogP contribution in [0.1, 0.15) is 19.3 Å². The van der Waals surface area contributed by atoms with Crippen molar-refractivity contribution in [3.05, 3.63) is 0 Å². The molecule has 2 fully saturated rings. The number of nitrogens with one attached hydrogen (secondary N) is 1. The Hall–Kier alpha value is 0.0500. The van der Waals surface area contributed by atoms with E-state index in [2.05, 4.69) is 5.32 Å². The summed E-state index contributed by atoms with van der Waals surface area (Å²) in [6, 6.07) is 0. The molecule has 0 radical (unpaired) electrons. The highest BCUT2D eigenvalue weighted by atomic mass is 32.1. The Balaban J connectivity index is 2.02. The molecule has 0 amide bonds. The minimum Gasteiger partial charge on any atom is -0.316 e. The summed E-state index contributed by atoms with van der Waals surface area (Å²) < 4.78 is 0. The van der Waals surface area contributed by atoms with Gasteiger partial charge in [0.05, 0.1) is 0 Å². The van der Waals surface area contributed by atoms with Crippen molar-refractivity contribution in [1.29, 1.82) is 0 Å². The van der Waals surface area contributed by atoms with Gasteiger partial charge in [-0.1, -0.05) is 12.2 Å². The van der Waals surface area contributed by atoms with Gasteiger partial charge in [0.15, 0.2) is 0 Å². The molecule has 1 heterocycles. The van der Waals surface area contributed by atoms with Crippen molar-refractivity contribution in [2.75, 3.05) is 13.1 Å². The quantitative estimate of drug-likeness (QED) is 0.599. The fraction of sp³-hybridized carbons (Fsp3) is 0.889. The molecule has 11 heavy (non-hydrogen) atoms. The van der Waals surface area contributed by atoms with E-state index in [1.165, 1.54) is 25.8 Å². The van der Waals surface area contributed by atoms with Gasteiger partial charge < -0.3 is 5.32 Å². The summed E-state index contributed by atoms with van der Waals surface area (Å²) in [5.74, 6) is 2.61. The number of hydrogen-bond donors (Lipinski definition) is 1. The molecule has 1 unspecified atom stereocenters. The minimum absolute atomic E-state index is 0.686. The first-order valence-corrected chi connectivity index (χ1v) is 5.05. The third-order valence-corrected chi connectivity index (χ3v) is 3.62. The summed E-state index contributed by atoms with van der Waals surface area (Å²) in [6.07, 6.45) is 4.25. The predicted octanol–water partition coefficient (Wildman–Crippen LogP) is 1.62. The number of fused-ring (bicyclic) bond motifs is 1. The third-order valence-electron chi connectivity index (χ3n) is 3.27. The van der Waals surface area contributed by atoms with Crippen molar-refractivity contribution >= 4 is 17.6 Å². The molecule has 1 aliphatic heterocycles. The van der Waals surface area contributed by atoms with E-state index in [0.717, 1.165) is 18.4 Å². The Morgan fingerprint density at radius 2 is 2.18 bits per heavy atom. The summed E-state index contributed by atoms with van der Waals surface area (Å²) in [5.41, 5.74) is 0. The van der Waals surface area contributed by atoms with Crippen molar-refractivity contribution in [2.45, 2.75) is 19.3 Å². The van der Waals surface area contributed by atoms with Crippen LogP contribution < -0.4 is 5.32 Å². The first-order valence-electron chi connectivity index (χ1n) is 4.58. The minimum atomic E-state index is 0.686. The molecule has 1 nitrogen and oxygen atoms in total. The Morgan fingerprint density at radius 1 is 1.27 bits per heavy atom. The van der Waals surface area contributed by atoms with E-state index in [0.29, 0.717) is 5.92 Å². The van der Waals surface area contributed by atoms with Gasteiger partial charge in [0, 0.05) is 12.5 Å². The second-order valence-electron chi connectivity index (χ2n) is 3.79. The molecule has 1 saturated carbocycles. The topological polar surface area (TPSA) is 12.0 Å². The van der Waals surface area contributed by atoms with Crippen LogP contribution in [-0.4, -0.2) is 18.5 Å². The van der Waals surface area contributed by atoms with E-state index in [1.54, 1.807) is 0 Å². The van der Waals surface area contributed by atoms with Crippen LogP contribution in [0.15, 0.2) is 0 Å². The maximum atomic E-state index is 5.03. The third kappa shape index (κ3) is 1.34. The second-order valence-corrected chi connectivity index (χ2v) is 4.07. The molecule has 2 aliphatic rings. The lowest BCUT2D eigenvalue weighted by Crippen LogP contribution is -2.33. The summed E-state index contributed by atoms with van der Waals surface area (Å²) in [5, 5.41) is 5.43. The maximum absolute atomic E-state index is 5.03. The van der Waals surface area contributed by atoms with Crippen LogP contribution in [0.3, 0.4) is 0 Å². The predicted molar refractivity (Wildman–Crippen MR) is 50.8 cm³/mol. The van der Waals surface area contributed by atoms with Gasteiger partial charge in [-0.15, -0.1) is 0 Å². The summed E-state index contributed by atoms with van der Waals surface area (Å²) >= 11 is 5.03. The van der Waals surface area contributed by atoms with Crippen molar-refractivity contribution in [3.63, 3.8) is 0 Å². The molecule has 1 N–H and O–H groups in total. The fourth-order valence-corrected chi connectivity index (χ4v) is 2.67. The molecule has 0 aromatic carbocycles. The highest BCUT2D eigenvalue weighted by molar-refractivity contribution is 7.79. The lowest BCUT2D eigenvalue weighted by Gasteiger charge is -2.38. The maximum Gasteiger partial charge on any atom is 0.00277 e. The monoisotopic (exact) mass is 169 g/mol. The lowest BCUT2D eigenvalue weighted by atomic mass is 9.67. The van der Waals surface area contributed by atoms with Gasteiger partial charge in [-0.3, -0.25) is 0 Å². The average molecular weight is 169 g/mol. The average Bonchev–Trinajstić information content (AvgIpc) is 2.10. The van der Waals surface area contributed by atoms with Gasteiger partial charge in [0.1, 0.15) is 0 Å². The van der Waals surface area contributed by atoms with E-state index in [-0.39, 0.29) is 0 Å². The zero-order valence-electron chi connectivity index (χ0n) is 6.75. The molecule has 0 aromatic rings. The van der Waals surface area contributed by atoms with E-state index < -0.39 is 0 Å². The highest BCUT2D eigenvalue weighted by Gasteiger charge is 2.36. The van der Waals surface area contributed by atoms with Gasteiger partial charge in [-0.05, 0) is 43.0 Å². The van der Waals surface area contributed by atoms with Crippen LogP contribution in [0.25, 0.3) is 0 Å². The van der Waals surface area contributed by atoms with Crippen LogP contribution in [-0.2, 0) is 0 Å². The van der Waals surface area contributed by atoms with Gasteiger partial charge in [0.25, 0.3) is 0 Å².